The van der Waals surface area contributed by atoms with E-state index < -0.39 is 17.0 Å². The SMILES string of the molecule is C[C@]1(C(=O)Nc2nc(-c3ccc(F)c(F)c3)cs2)CC2c3ccccc3C1c1ccccc12. The van der Waals surface area contributed by atoms with Gasteiger partial charge in [-0.1, -0.05) is 48.5 Å². The first-order valence-electron chi connectivity index (χ1n) is 10.9. The predicted molar refractivity (Wildman–Crippen MR) is 125 cm³/mol. The number of benzene rings is 3. The molecule has 0 unspecified atom stereocenters. The van der Waals surface area contributed by atoms with E-state index >= 15 is 0 Å². The van der Waals surface area contributed by atoms with Gasteiger partial charge >= 0.3 is 0 Å². The highest BCUT2D eigenvalue weighted by Crippen LogP contribution is 2.61. The van der Waals surface area contributed by atoms with E-state index in [1.54, 1.807) is 5.38 Å². The average Bonchev–Trinajstić information content (AvgIpc) is 3.29. The third-order valence-corrected chi connectivity index (χ3v) is 7.85. The van der Waals surface area contributed by atoms with Crippen molar-refractivity contribution in [3.63, 3.8) is 0 Å². The Balaban J connectivity index is 1.34. The number of nitrogens with zero attached hydrogens (tertiary/aromatic N) is 1. The summed E-state index contributed by atoms with van der Waals surface area (Å²) >= 11 is 1.28. The van der Waals surface area contributed by atoms with Gasteiger partial charge in [0.05, 0.1) is 11.1 Å². The van der Waals surface area contributed by atoms with Crippen molar-refractivity contribution in [2.24, 2.45) is 5.41 Å². The molecule has 164 valence electrons. The lowest BCUT2D eigenvalue weighted by atomic mass is 9.52. The number of amides is 1. The molecule has 0 aliphatic heterocycles. The van der Waals surface area contributed by atoms with E-state index in [9.17, 15) is 13.6 Å². The normalized spacial score (nSPS) is 22.5. The lowest BCUT2D eigenvalue weighted by Crippen LogP contribution is -2.47. The van der Waals surface area contributed by atoms with Gasteiger partial charge < -0.3 is 5.32 Å². The molecule has 0 fully saturated rings. The van der Waals surface area contributed by atoms with E-state index in [1.165, 1.54) is 39.7 Å². The van der Waals surface area contributed by atoms with E-state index in [1.807, 2.05) is 19.1 Å². The summed E-state index contributed by atoms with van der Waals surface area (Å²) in [5.74, 6) is -1.77. The molecule has 0 saturated heterocycles. The van der Waals surface area contributed by atoms with Crippen LogP contribution in [0.15, 0.2) is 72.1 Å². The zero-order valence-corrected chi connectivity index (χ0v) is 18.6. The first-order valence-corrected chi connectivity index (χ1v) is 11.7. The molecular formula is C27H20F2N2OS. The molecule has 1 heterocycles. The Morgan fingerprint density at radius 1 is 0.970 bits per heavy atom. The Bertz CT molecular complexity index is 1370. The highest BCUT2D eigenvalue weighted by molar-refractivity contribution is 7.14. The largest absolute Gasteiger partial charge is 0.301 e. The number of carbonyl (C=O) groups is 1. The van der Waals surface area contributed by atoms with E-state index in [0.29, 0.717) is 16.4 Å². The number of nitrogens with one attached hydrogen (secondary N) is 1. The van der Waals surface area contributed by atoms with Gasteiger partial charge in [-0.15, -0.1) is 11.3 Å². The minimum atomic E-state index is -0.922. The molecule has 3 aliphatic carbocycles. The Morgan fingerprint density at radius 2 is 1.61 bits per heavy atom. The molecule has 3 aliphatic rings. The molecule has 1 N–H and O–H groups in total. The maximum absolute atomic E-state index is 13.7. The Kier molecular flexibility index (Phi) is 4.49. The van der Waals surface area contributed by atoms with Crippen LogP contribution < -0.4 is 5.32 Å². The minimum Gasteiger partial charge on any atom is -0.301 e. The van der Waals surface area contributed by atoms with Crippen LogP contribution in [-0.4, -0.2) is 10.9 Å². The van der Waals surface area contributed by atoms with Gasteiger partial charge in [0.1, 0.15) is 0 Å². The Hall–Kier alpha value is -3.38. The van der Waals surface area contributed by atoms with Crippen LogP contribution in [0.2, 0.25) is 0 Å². The van der Waals surface area contributed by atoms with Crippen molar-refractivity contribution in [1.29, 1.82) is 0 Å². The maximum atomic E-state index is 13.7. The van der Waals surface area contributed by atoms with Gasteiger partial charge in [0.15, 0.2) is 16.8 Å². The van der Waals surface area contributed by atoms with E-state index in [0.717, 1.165) is 18.6 Å². The highest BCUT2D eigenvalue weighted by atomic mass is 32.1. The monoisotopic (exact) mass is 458 g/mol. The first kappa shape index (κ1) is 20.2. The fourth-order valence-corrected chi connectivity index (χ4v) is 6.26. The molecule has 7 rings (SSSR count). The van der Waals surface area contributed by atoms with Crippen LogP contribution in [0.25, 0.3) is 11.3 Å². The number of thiazole rings is 1. The fraction of sp³-hybridized carbons (Fsp3) is 0.185. The van der Waals surface area contributed by atoms with Gasteiger partial charge in [-0.2, -0.15) is 0 Å². The van der Waals surface area contributed by atoms with Gasteiger partial charge in [-0.3, -0.25) is 4.79 Å². The number of hydrogen-bond donors (Lipinski definition) is 1. The Labute approximate surface area is 194 Å². The molecule has 33 heavy (non-hydrogen) atoms. The van der Waals surface area contributed by atoms with Crippen LogP contribution in [0.4, 0.5) is 13.9 Å². The van der Waals surface area contributed by atoms with Crippen molar-refractivity contribution in [2.45, 2.75) is 25.2 Å². The smallest absolute Gasteiger partial charge is 0.233 e. The molecule has 2 bridgehead atoms. The second kappa shape index (κ2) is 7.32. The molecule has 0 spiro atoms. The molecule has 0 saturated carbocycles. The fourth-order valence-electron chi connectivity index (χ4n) is 5.55. The summed E-state index contributed by atoms with van der Waals surface area (Å²) in [6.07, 6.45) is 0.721. The minimum absolute atomic E-state index is 0.0412. The summed E-state index contributed by atoms with van der Waals surface area (Å²) < 4.78 is 26.9. The topological polar surface area (TPSA) is 42.0 Å². The number of hydrogen-bond acceptors (Lipinski definition) is 3. The Morgan fingerprint density at radius 3 is 2.24 bits per heavy atom. The van der Waals surface area contributed by atoms with E-state index in [4.69, 9.17) is 0 Å². The molecule has 4 aromatic rings. The molecular weight excluding hydrogens is 438 g/mol. The summed E-state index contributed by atoms with van der Waals surface area (Å²) in [5, 5.41) is 5.20. The zero-order valence-electron chi connectivity index (χ0n) is 17.8. The van der Waals surface area contributed by atoms with E-state index in [-0.39, 0.29) is 17.7 Å². The number of anilines is 1. The van der Waals surface area contributed by atoms with Crippen LogP contribution in [0.5, 0.6) is 0 Å². The number of fused-ring (bicyclic) bond motifs is 1. The van der Waals surface area contributed by atoms with Crippen LogP contribution in [0.3, 0.4) is 0 Å². The molecule has 3 aromatic carbocycles. The molecule has 0 radical (unpaired) electrons. The van der Waals surface area contributed by atoms with Crippen LogP contribution in [0, 0.1) is 17.0 Å². The lowest BCUT2D eigenvalue weighted by Gasteiger charge is -2.50. The van der Waals surface area contributed by atoms with Gasteiger partial charge in [0.2, 0.25) is 5.91 Å². The van der Waals surface area contributed by atoms with Crippen molar-refractivity contribution < 1.29 is 13.6 Å². The van der Waals surface area contributed by atoms with Crippen LogP contribution in [0.1, 0.15) is 47.4 Å². The maximum Gasteiger partial charge on any atom is 0.233 e. The first-order chi connectivity index (χ1) is 16.0. The van der Waals surface area contributed by atoms with Gasteiger partial charge in [0.25, 0.3) is 0 Å². The van der Waals surface area contributed by atoms with Gasteiger partial charge in [-0.25, -0.2) is 13.8 Å². The van der Waals surface area contributed by atoms with Gasteiger partial charge in [0, 0.05) is 22.8 Å². The quantitative estimate of drug-likeness (QED) is 0.371. The van der Waals surface area contributed by atoms with E-state index in [2.05, 4.69) is 46.7 Å². The number of carbonyl (C=O) groups excluding carboxylic acids is 1. The van der Waals surface area contributed by atoms with Crippen LogP contribution >= 0.6 is 11.3 Å². The molecule has 3 nitrogen and oxygen atoms in total. The summed E-state index contributed by atoms with van der Waals surface area (Å²) in [4.78, 5) is 18.2. The average molecular weight is 459 g/mol. The lowest BCUT2D eigenvalue weighted by molar-refractivity contribution is -0.126. The summed E-state index contributed by atoms with van der Waals surface area (Å²) in [6, 6.07) is 20.5. The molecule has 1 aromatic heterocycles. The van der Waals surface area contributed by atoms with Crippen molar-refractivity contribution in [1.82, 2.24) is 4.98 Å². The van der Waals surface area contributed by atoms with Crippen molar-refractivity contribution >= 4 is 22.4 Å². The number of halogens is 2. The van der Waals surface area contributed by atoms with Crippen molar-refractivity contribution in [2.75, 3.05) is 5.32 Å². The van der Waals surface area contributed by atoms with Crippen LogP contribution in [-0.2, 0) is 4.79 Å². The third kappa shape index (κ3) is 3.04. The predicted octanol–water partition coefficient (Wildman–Crippen LogP) is 6.71. The van der Waals surface area contributed by atoms with Gasteiger partial charge in [-0.05, 0) is 53.8 Å². The summed E-state index contributed by atoms with van der Waals surface area (Å²) in [6.45, 7) is 2.04. The number of aromatic nitrogens is 1. The molecule has 6 heteroatoms. The molecule has 1 amide bonds. The second-order valence-electron chi connectivity index (χ2n) is 8.99. The summed E-state index contributed by atoms with van der Waals surface area (Å²) in [5.41, 5.74) is 5.37. The standard InChI is InChI=1S/C27H20F2N2OS/c1-27(25(32)31-26-30-23(14-33-26)15-10-11-21(28)22(29)12-15)13-20-16-6-2-4-8-18(16)24(27)19-9-5-3-7-17(19)20/h2-12,14,20,24H,13H2,1H3,(H,30,31,32)/t20?,24?,27-/m0/s1. The number of rotatable bonds is 3. The zero-order chi connectivity index (χ0) is 22.7. The van der Waals surface area contributed by atoms with Crippen molar-refractivity contribution in [3.8, 4) is 11.3 Å². The highest BCUT2D eigenvalue weighted by Gasteiger charge is 2.53. The van der Waals surface area contributed by atoms with Crippen molar-refractivity contribution in [3.05, 3.63) is 106 Å². The summed E-state index contributed by atoms with van der Waals surface area (Å²) in [7, 11) is 0. The second-order valence-corrected chi connectivity index (χ2v) is 9.84. The third-order valence-electron chi connectivity index (χ3n) is 7.09. The molecule has 1 atom stereocenters.